The fraction of sp³-hybridized carbons (Fsp3) is 0.400. The first-order valence-corrected chi connectivity index (χ1v) is 6.42. The van der Waals surface area contributed by atoms with E-state index in [9.17, 15) is 0 Å². The van der Waals surface area contributed by atoms with Gasteiger partial charge in [-0.05, 0) is 37.1 Å². The maximum atomic E-state index is 5.53. The Hall–Kier alpha value is -1.77. The Balaban J connectivity index is 0.000000771. The van der Waals surface area contributed by atoms with Crippen LogP contribution in [0.5, 0.6) is 5.75 Å². The highest BCUT2D eigenvalue weighted by atomic mass is 16.5. The van der Waals surface area contributed by atoms with Crippen molar-refractivity contribution >= 4 is 0 Å². The zero-order valence-corrected chi connectivity index (χ0v) is 11.9. The second-order valence-electron chi connectivity index (χ2n) is 3.87. The molecule has 1 aromatic heterocycles. The third-order valence-corrected chi connectivity index (χ3v) is 2.40. The van der Waals surface area contributed by atoms with Crippen LogP contribution in [0, 0.1) is 6.92 Å². The molecule has 0 fully saturated rings. The molecule has 0 radical (unpaired) electrons. The quantitative estimate of drug-likeness (QED) is 0.823. The topological polar surface area (TPSA) is 27.1 Å². The van der Waals surface area contributed by atoms with Crippen molar-refractivity contribution < 1.29 is 4.74 Å². The van der Waals surface area contributed by atoms with Crippen LogP contribution in [0.4, 0.5) is 0 Å². The molecule has 0 amide bonds. The van der Waals surface area contributed by atoms with Gasteiger partial charge in [0.1, 0.15) is 5.75 Å². The van der Waals surface area contributed by atoms with E-state index < -0.39 is 0 Å². The van der Waals surface area contributed by atoms with Gasteiger partial charge in [-0.2, -0.15) is 5.10 Å². The predicted molar refractivity (Wildman–Crippen MR) is 75.9 cm³/mol. The Morgan fingerprint density at radius 2 is 1.89 bits per heavy atom. The highest BCUT2D eigenvalue weighted by molar-refractivity contribution is 5.64. The van der Waals surface area contributed by atoms with Gasteiger partial charge in [0, 0.05) is 18.8 Å². The number of aryl methyl sites for hydroxylation is 2. The second kappa shape index (κ2) is 6.84. The Kier molecular flexibility index (Phi) is 5.43. The summed E-state index contributed by atoms with van der Waals surface area (Å²) in [5, 5.41) is 4.17. The Morgan fingerprint density at radius 3 is 2.44 bits per heavy atom. The third-order valence-electron chi connectivity index (χ3n) is 2.40. The van der Waals surface area contributed by atoms with Crippen molar-refractivity contribution in [1.29, 1.82) is 0 Å². The highest BCUT2D eigenvalue weighted by Crippen LogP contribution is 2.25. The van der Waals surface area contributed by atoms with Crippen LogP contribution in [-0.4, -0.2) is 16.4 Å². The van der Waals surface area contributed by atoms with Crippen molar-refractivity contribution in [2.75, 3.05) is 6.61 Å². The fourth-order valence-corrected chi connectivity index (χ4v) is 1.73. The summed E-state index contributed by atoms with van der Waals surface area (Å²) in [6, 6.07) is 6.23. The lowest BCUT2D eigenvalue weighted by molar-refractivity contribution is 0.340. The number of aromatic nitrogens is 2. The molecule has 98 valence electrons. The van der Waals surface area contributed by atoms with E-state index in [2.05, 4.69) is 18.1 Å². The number of nitrogens with zero attached hydrogens (tertiary/aromatic N) is 2. The molecule has 0 bridgehead atoms. The summed E-state index contributed by atoms with van der Waals surface area (Å²) in [5.41, 5.74) is 3.47. The summed E-state index contributed by atoms with van der Waals surface area (Å²) in [5.74, 6) is 0.918. The van der Waals surface area contributed by atoms with E-state index in [-0.39, 0.29) is 0 Å². The lowest BCUT2D eigenvalue weighted by Gasteiger charge is -2.06. The number of hydrogen-bond acceptors (Lipinski definition) is 2. The molecular formula is C15H22N2O. The summed E-state index contributed by atoms with van der Waals surface area (Å²) < 4.78 is 7.33. The van der Waals surface area contributed by atoms with E-state index in [1.807, 2.05) is 52.3 Å². The first kappa shape index (κ1) is 14.3. The molecule has 0 saturated heterocycles. The van der Waals surface area contributed by atoms with Crippen molar-refractivity contribution in [3.63, 3.8) is 0 Å². The van der Waals surface area contributed by atoms with Gasteiger partial charge in [0.15, 0.2) is 0 Å². The molecule has 0 N–H and O–H groups in total. The third kappa shape index (κ3) is 3.62. The summed E-state index contributed by atoms with van der Waals surface area (Å²) in [6.45, 7) is 8.75. The van der Waals surface area contributed by atoms with Gasteiger partial charge in [0.25, 0.3) is 0 Å². The normalized spacial score (nSPS) is 9.61. The maximum Gasteiger partial charge on any atom is 0.120 e. The number of ether oxygens (including phenoxy) is 1. The molecule has 1 heterocycles. The van der Waals surface area contributed by atoms with Crippen LogP contribution in [0.15, 0.2) is 30.6 Å². The van der Waals surface area contributed by atoms with Gasteiger partial charge in [-0.3, -0.25) is 4.68 Å². The minimum absolute atomic E-state index is 0.690. The standard InChI is InChI=1S/C13H16N2O.C2H6/c1-4-16-13-6-10(2)5-11(7-13)12-8-14-15(3)9-12;1-2/h5-9H,4H2,1-3H3;1-2H3. The van der Waals surface area contributed by atoms with Gasteiger partial charge in [0.05, 0.1) is 12.8 Å². The average molecular weight is 246 g/mol. The predicted octanol–water partition coefficient (Wildman–Crippen LogP) is 3.82. The number of hydrogen-bond donors (Lipinski definition) is 0. The molecule has 3 nitrogen and oxygen atoms in total. The van der Waals surface area contributed by atoms with E-state index in [0.717, 1.165) is 16.9 Å². The molecule has 0 aliphatic rings. The van der Waals surface area contributed by atoms with Gasteiger partial charge in [-0.25, -0.2) is 0 Å². The number of rotatable bonds is 3. The fourth-order valence-electron chi connectivity index (χ4n) is 1.73. The summed E-state index contributed by atoms with van der Waals surface area (Å²) in [4.78, 5) is 0. The van der Waals surface area contributed by atoms with Gasteiger partial charge in [-0.15, -0.1) is 0 Å². The van der Waals surface area contributed by atoms with Crippen LogP contribution >= 0.6 is 0 Å². The second-order valence-corrected chi connectivity index (χ2v) is 3.87. The molecule has 0 saturated carbocycles. The van der Waals surface area contributed by atoms with Crippen LogP contribution < -0.4 is 4.74 Å². The molecule has 0 unspecified atom stereocenters. The Morgan fingerprint density at radius 1 is 1.17 bits per heavy atom. The molecule has 0 spiro atoms. The van der Waals surface area contributed by atoms with Crippen molar-refractivity contribution in [2.24, 2.45) is 7.05 Å². The van der Waals surface area contributed by atoms with E-state index in [0.29, 0.717) is 6.61 Å². The maximum absolute atomic E-state index is 5.53. The number of benzene rings is 1. The van der Waals surface area contributed by atoms with Crippen LogP contribution in [0.2, 0.25) is 0 Å². The average Bonchev–Trinajstić information content (AvgIpc) is 2.78. The largest absolute Gasteiger partial charge is 0.494 e. The molecule has 0 atom stereocenters. The van der Waals surface area contributed by atoms with Gasteiger partial charge in [0.2, 0.25) is 0 Å². The molecule has 1 aromatic carbocycles. The lowest BCUT2D eigenvalue weighted by Crippen LogP contribution is -1.92. The zero-order chi connectivity index (χ0) is 13.5. The summed E-state index contributed by atoms with van der Waals surface area (Å²) in [6.07, 6.45) is 3.87. The molecule has 2 rings (SSSR count). The monoisotopic (exact) mass is 246 g/mol. The van der Waals surface area contributed by atoms with Gasteiger partial charge >= 0.3 is 0 Å². The van der Waals surface area contributed by atoms with Crippen molar-refractivity contribution in [1.82, 2.24) is 9.78 Å². The molecule has 0 aliphatic heterocycles. The lowest BCUT2D eigenvalue weighted by atomic mass is 10.1. The zero-order valence-electron chi connectivity index (χ0n) is 11.9. The van der Waals surface area contributed by atoms with E-state index in [1.165, 1.54) is 5.56 Å². The smallest absolute Gasteiger partial charge is 0.120 e. The molecule has 3 heteroatoms. The summed E-state index contributed by atoms with van der Waals surface area (Å²) in [7, 11) is 1.92. The SMILES string of the molecule is CC.CCOc1cc(C)cc(-c2cnn(C)c2)c1. The minimum atomic E-state index is 0.690. The highest BCUT2D eigenvalue weighted by Gasteiger charge is 2.03. The first-order chi connectivity index (χ1) is 8.69. The Labute approximate surface area is 109 Å². The first-order valence-electron chi connectivity index (χ1n) is 6.42. The molecule has 0 aliphatic carbocycles. The van der Waals surface area contributed by atoms with Gasteiger partial charge in [-0.1, -0.05) is 19.9 Å². The van der Waals surface area contributed by atoms with Crippen molar-refractivity contribution in [3.05, 3.63) is 36.2 Å². The van der Waals surface area contributed by atoms with Gasteiger partial charge < -0.3 is 4.74 Å². The van der Waals surface area contributed by atoms with Crippen LogP contribution in [-0.2, 0) is 7.05 Å². The van der Waals surface area contributed by atoms with E-state index in [4.69, 9.17) is 4.74 Å². The minimum Gasteiger partial charge on any atom is -0.494 e. The molecule has 2 aromatic rings. The molecule has 18 heavy (non-hydrogen) atoms. The van der Waals surface area contributed by atoms with E-state index >= 15 is 0 Å². The van der Waals surface area contributed by atoms with Crippen LogP contribution in [0.3, 0.4) is 0 Å². The summed E-state index contributed by atoms with van der Waals surface area (Å²) >= 11 is 0. The van der Waals surface area contributed by atoms with E-state index in [1.54, 1.807) is 4.68 Å². The molecular weight excluding hydrogens is 224 g/mol. The Bertz CT molecular complexity index is 489. The van der Waals surface area contributed by atoms with Crippen LogP contribution in [0.25, 0.3) is 11.1 Å². The van der Waals surface area contributed by atoms with Crippen LogP contribution in [0.1, 0.15) is 26.3 Å². The van der Waals surface area contributed by atoms with Crippen molar-refractivity contribution in [3.8, 4) is 16.9 Å². The van der Waals surface area contributed by atoms with Crippen molar-refractivity contribution in [2.45, 2.75) is 27.7 Å².